The summed E-state index contributed by atoms with van der Waals surface area (Å²) in [4.78, 5) is 2.53. The summed E-state index contributed by atoms with van der Waals surface area (Å²) >= 11 is 0. The molecule has 0 saturated carbocycles. The Kier molecular flexibility index (Phi) is 3.68. The van der Waals surface area contributed by atoms with Gasteiger partial charge in [0.1, 0.15) is 0 Å². The second-order valence-electron chi connectivity index (χ2n) is 8.71. The zero-order valence-electron chi connectivity index (χ0n) is 14.6. The second-order valence-corrected chi connectivity index (χ2v) is 8.71. The first-order valence-electron chi connectivity index (χ1n) is 8.65. The summed E-state index contributed by atoms with van der Waals surface area (Å²) in [6.45, 7) is 11.9. The van der Waals surface area contributed by atoms with Crippen molar-refractivity contribution in [2.24, 2.45) is 0 Å². The summed E-state index contributed by atoms with van der Waals surface area (Å²) in [6, 6.07) is 5.04. The van der Waals surface area contributed by atoms with Gasteiger partial charge in [0.05, 0.1) is 0 Å². The molecule has 0 radical (unpaired) electrons. The molecular formula is C20H31N. The number of hydrogen-bond donors (Lipinski definition) is 0. The van der Waals surface area contributed by atoms with Gasteiger partial charge in [-0.25, -0.2) is 0 Å². The van der Waals surface area contributed by atoms with Crippen molar-refractivity contribution < 1.29 is 0 Å². The Balaban J connectivity index is 2.19. The van der Waals surface area contributed by atoms with Crippen LogP contribution < -0.4 is 0 Å². The van der Waals surface area contributed by atoms with Gasteiger partial charge in [0.25, 0.3) is 0 Å². The summed E-state index contributed by atoms with van der Waals surface area (Å²) in [5.41, 5.74) is 7.13. The van der Waals surface area contributed by atoms with Gasteiger partial charge >= 0.3 is 0 Å². The summed E-state index contributed by atoms with van der Waals surface area (Å²) in [7, 11) is 2.29. The minimum Gasteiger partial charge on any atom is -0.301 e. The molecule has 0 amide bonds. The molecule has 0 saturated heterocycles. The molecule has 1 heteroatoms. The average molecular weight is 285 g/mol. The zero-order chi connectivity index (χ0) is 15.3. The molecule has 0 fully saturated rings. The highest BCUT2D eigenvalue weighted by atomic mass is 15.1. The monoisotopic (exact) mass is 285 g/mol. The summed E-state index contributed by atoms with van der Waals surface area (Å²) in [5, 5.41) is 0. The van der Waals surface area contributed by atoms with Gasteiger partial charge in [-0.3, -0.25) is 0 Å². The number of nitrogens with zero attached hydrogens (tertiary/aromatic N) is 1. The van der Waals surface area contributed by atoms with E-state index in [0.29, 0.717) is 5.41 Å². The minimum atomic E-state index is 0.250. The molecule has 0 unspecified atom stereocenters. The molecule has 1 atom stereocenters. The molecule has 116 valence electrons. The second kappa shape index (κ2) is 5.12. The van der Waals surface area contributed by atoms with E-state index < -0.39 is 0 Å². The van der Waals surface area contributed by atoms with Gasteiger partial charge in [0.15, 0.2) is 0 Å². The highest BCUT2D eigenvalue weighted by molar-refractivity contribution is 5.47. The maximum atomic E-state index is 2.54. The van der Waals surface area contributed by atoms with Crippen LogP contribution in [0.15, 0.2) is 12.1 Å². The molecule has 3 rings (SSSR count). The minimum absolute atomic E-state index is 0.250. The maximum Gasteiger partial charge on any atom is 0.0234 e. The fourth-order valence-corrected chi connectivity index (χ4v) is 4.53. The number of likely N-dealkylation sites (N-methyl/N-ethyl adjacent to an activating group) is 1. The SMILES string of the molecule is CN1Cc2cc(C(C)(C)C)cc3c2[C@](C)(CCCCC3)C1. The Labute approximate surface area is 130 Å². The van der Waals surface area contributed by atoms with E-state index in [4.69, 9.17) is 0 Å². The Bertz CT molecular complexity index is 520. The lowest BCUT2D eigenvalue weighted by atomic mass is 9.68. The Morgan fingerprint density at radius 2 is 1.76 bits per heavy atom. The molecule has 0 bridgehead atoms. The van der Waals surface area contributed by atoms with Crippen LogP contribution in [0.3, 0.4) is 0 Å². The molecule has 0 N–H and O–H groups in total. The number of rotatable bonds is 0. The lowest BCUT2D eigenvalue weighted by Gasteiger charge is -2.44. The first-order valence-corrected chi connectivity index (χ1v) is 8.65. The van der Waals surface area contributed by atoms with Gasteiger partial charge in [0.2, 0.25) is 0 Å². The van der Waals surface area contributed by atoms with Crippen molar-refractivity contribution in [2.45, 2.75) is 77.2 Å². The van der Waals surface area contributed by atoms with Gasteiger partial charge < -0.3 is 4.90 Å². The lowest BCUT2D eigenvalue weighted by molar-refractivity contribution is 0.206. The Morgan fingerprint density at radius 3 is 2.48 bits per heavy atom. The van der Waals surface area contributed by atoms with Gasteiger partial charge in [-0.2, -0.15) is 0 Å². The maximum absolute atomic E-state index is 2.54. The molecule has 2 aliphatic rings. The van der Waals surface area contributed by atoms with E-state index in [1.807, 2.05) is 0 Å². The topological polar surface area (TPSA) is 3.24 Å². The van der Waals surface area contributed by atoms with Crippen molar-refractivity contribution in [1.82, 2.24) is 4.90 Å². The number of hydrogen-bond acceptors (Lipinski definition) is 1. The van der Waals surface area contributed by atoms with Gasteiger partial charge in [0, 0.05) is 18.5 Å². The van der Waals surface area contributed by atoms with E-state index >= 15 is 0 Å². The van der Waals surface area contributed by atoms with E-state index in [-0.39, 0.29) is 5.41 Å². The van der Waals surface area contributed by atoms with Crippen LogP contribution in [0.25, 0.3) is 0 Å². The smallest absolute Gasteiger partial charge is 0.0234 e. The summed E-state index contributed by atoms with van der Waals surface area (Å²) in [5.74, 6) is 0. The Morgan fingerprint density at radius 1 is 1.05 bits per heavy atom. The predicted octanol–water partition coefficient (Wildman–Crippen LogP) is 4.80. The molecular weight excluding hydrogens is 254 g/mol. The number of aryl methyl sites for hydroxylation is 1. The highest BCUT2D eigenvalue weighted by Crippen LogP contribution is 2.43. The zero-order valence-corrected chi connectivity index (χ0v) is 14.6. The first kappa shape index (κ1) is 15.1. The average Bonchev–Trinajstić information content (AvgIpc) is 2.33. The normalized spacial score (nSPS) is 26.9. The van der Waals surface area contributed by atoms with Crippen LogP contribution in [-0.2, 0) is 23.8 Å². The molecule has 1 nitrogen and oxygen atoms in total. The molecule has 1 heterocycles. The molecule has 1 aliphatic carbocycles. The molecule has 0 spiro atoms. The van der Waals surface area contributed by atoms with Gasteiger partial charge in [-0.1, -0.05) is 52.7 Å². The van der Waals surface area contributed by atoms with Crippen LogP contribution >= 0.6 is 0 Å². The van der Waals surface area contributed by atoms with E-state index in [1.54, 1.807) is 16.7 Å². The van der Waals surface area contributed by atoms with Crippen LogP contribution in [0.1, 0.15) is 75.6 Å². The van der Waals surface area contributed by atoms with Crippen molar-refractivity contribution in [3.05, 3.63) is 34.4 Å². The largest absolute Gasteiger partial charge is 0.301 e. The third kappa shape index (κ3) is 2.77. The van der Waals surface area contributed by atoms with Crippen molar-refractivity contribution in [3.8, 4) is 0 Å². The van der Waals surface area contributed by atoms with Crippen LogP contribution in [-0.4, -0.2) is 18.5 Å². The molecule has 21 heavy (non-hydrogen) atoms. The molecule has 1 aliphatic heterocycles. The third-order valence-corrected chi connectivity index (χ3v) is 5.51. The predicted molar refractivity (Wildman–Crippen MR) is 91.0 cm³/mol. The van der Waals surface area contributed by atoms with Crippen molar-refractivity contribution in [1.29, 1.82) is 0 Å². The fourth-order valence-electron chi connectivity index (χ4n) is 4.53. The van der Waals surface area contributed by atoms with Crippen molar-refractivity contribution in [3.63, 3.8) is 0 Å². The quantitative estimate of drug-likeness (QED) is 0.661. The van der Waals surface area contributed by atoms with Gasteiger partial charge in [-0.05, 0) is 54.0 Å². The molecule has 0 aromatic heterocycles. The van der Waals surface area contributed by atoms with E-state index in [2.05, 4.69) is 51.8 Å². The van der Waals surface area contributed by atoms with Crippen LogP contribution in [0.4, 0.5) is 0 Å². The molecule has 1 aromatic carbocycles. The fraction of sp³-hybridized carbons (Fsp3) is 0.700. The third-order valence-electron chi connectivity index (χ3n) is 5.51. The van der Waals surface area contributed by atoms with Crippen LogP contribution in [0, 0.1) is 0 Å². The Hall–Kier alpha value is -0.820. The summed E-state index contributed by atoms with van der Waals surface area (Å²) < 4.78 is 0. The van der Waals surface area contributed by atoms with E-state index in [1.165, 1.54) is 44.2 Å². The van der Waals surface area contributed by atoms with E-state index in [0.717, 1.165) is 6.54 Å². The standard InChI is InChI=1S/C20H31N/c1-19(2,3)17-11-15-9-7-6-8-10-20(4)14-21(5)13-16(12-17)18(15)20/h11-12H,6-10,13-14H2,1-5H3/t20-/m1/s1. The van der Waals surface area contributed by atoms with Crippen LogP contribution in [0.5, 0.6) is 0 Å². The first-order chi connectivity index (χ1) is 9.79. The lowest BCUT2D eigenvalue weighted by Crippen LogP contribution is -2.43. The number of benzene rings is 1. The summed E-state index contributed by atoms with van der Waals surface area (Å²) in [6.07, 6.45) is 6.79. The van der Waals surface area contributed by atoms with Crippen molar-refractivity contribution >= 4 is 0 Å². The van der Waals surface area contributed by atoms with E-state index in [9.17, 15) is 0 Å². The highest BCUT2D eigenvalue weighted by Gasteiger charge is 2.37. The van der Waals surface area contributed by atoms with Crippen molar-refractivity contribution in [2.75, 3.05) is 13.6 Å². The molecule has 1 aromatic rings. The van der Waals surface area contributed by atoms with Gasteiger partial charge in [-0.15, -0.1) is 0 Å². The van der Waals surface area contributed by atoms with Crippen LogP contribution in [0.2, 0.25) is 0 Å².